The highest BCUT2D eigenvalue weighted by molar-refractivity contribution is 5.30. The second-order valence-electron chi connectivity index (χ2n) is 4.55. The van der Waals surface area contributed by atoms with E-state index in [-0.39, 0.29) is 18.0 Å². The first-order valence-electron chi connectivity index (χ1n) is 5.63. The topological polar surface area (TPSA) is 35.2 Å². The summed E-state index contributed by atoms with van der Waals surface area (Å²) in [5, 5.41) is 0. The summed E-state index contributed by atoms with van der Waals surface area (Å²) in [7, 11) is 0. The Bertz CT molecular complexity index is 350. The molecule has 1 unspecified atom stereocenters. The van der Waals surface area contributed by atoms with Gasteiger partial charge in [0.25, 0.3) is 0 Å². The molecule has 0 aliphatic rings. The zero-order valence-electron chi connectivity index (χ0n) is 10.3. The standard InChI is InChI=1S/C13H20FNO/c1-8(2)10(4)16-13-6-5-11(9(3)15)7-12(13)14/h5-10H,15H2,1-4H3/t9-,10?/m0/s1. The van der Waals surface area contributed by atoms with Gasteiger partial charge in [-0.3, -0.25) is 0 Å². The van der Waals surface area contributed by atoms with Gasteiger partial charge in [-0.25, -0.2) is 4.39 Å². The van der Waals surface area contributed by atoms with Gasteiger partial charge in [0.15, 0.2) is 11.6 Å². The Morgan fingerprint density at radius 3 is 2.25 bits per heavy atom. The smallest absolute Gasteiger partial charge is 0.165 e. The minimum Gasteiger partial charge on any atom is -0.487 e. The molecule has 1 aromatic carbocycles. The summed E-state index contributed by atoms with van der Waals surface area (Å²) in [5.74, 6) is 0.306. The van der Waals surface area contributed by atoms with E-state index in [1.165, 1.54) is 6.07 Å². The van der Waals surface area contributed by atoms with Crippen molar-refractivity contribution in [3.05, 3.63) is 29.6 Å². The largest absolute Gasteiger partial charge is 0.487 e. The highest BCUT2D eigenvalue weighted by atomic mass is 19.1. The van der Waals surface area contributed by atoms with Crippen LogP contribution < -0.4 is 10.5 Å². The van der Waals surface area contributed by atoms with Crippen LogP contribution in [0.25, 0.3) is 0 Å². The molecule has 2 nitrogen and oxygen atoms in total. The number of nitrogens with two attached hydrogens (primary N) is 1. The summed E-state index contributed by atoms with van der Waals surface area (Å²) < 4.78 is 19.2. The molecule has 3 heteroatoms. The molecule has 0 bridgehead atoms. The Labute approximate surface area is 96.6 Å². The van der Waals surface area contributed by atoms with Crippen LogP contribution in [-0.2, 0) is 0 Å². The number of rotatable bonds is 4. The third-order valence-corrected chi connectivity index (χ3v) is 2.73. The molecule has 90 valence electrons. The maximum Gasteiger partial charge on any atom is 0.165 e. The fourth-order valence-corrected chi connectivity index (χ4v) is 1.23. The van der Waals surface area contributed by atoms with Crippen LogP contribution in [-0.4, -0.2) is 6.10 Å². The first-order valence-corrected chi connectivity index (χ1v) is 5.63. The second kappa shape index (κ2) is 5.30. The predicted octanol–water partition coefficient (Wildman–Crippen LogP) is 3.27. The van der Waals surface area contributed by atoms with Gasteiger partial charge in [-0.15, -0.1) is 0 Å². The summed E-state index contributed by atoms with van der Waals surface area (Å²) in [4.78, 5) is 0. The minimum absolute atomic E-state index is 0.00403. The van der Waals surface area contributed by atoms with E-state index in [2.05, 4.69) is 0 Å². The summed E-state index contributed by atoms with van der Waals surface area (Å²) in [6.45, 7) is 7.84. The summed E-state index contributed by atoms with van der Waals surface area (Å²) in [5.41, 5.74) is 6.45. The molecule has 16 heavy (non-hydrogen) atoms. The van der Waals surface area contributed by atoms with E-state index >= 15 is 0 Å². The molecule has 2 N–H and O–H groups in total. The SMILES string of the molecule is CC(C)C(C)Oc1ccc([C@H](C)N)cc1F. The van der Waals surface area contributed by atoms with E-state index in [0.717, 1.165) is 5.56 Å². The zero-order valence-corrected chi connectivity index (χ0v) is 10.3. The molecule has 1 aromatic rings. The molecule has 0 aliphatic heterocycles. The van der Waals surface area contributed by atoms with Gasteiger partial charge in [0.2, 0.25) is 0 Å². The van der Waals surface area contributed by atoms with E-state index in [9.17, 15) is 4.39 Å². The van der Waals surface area contributed by atoms with Gasteiger partial charge in [0, 0.05) is 6.04 Å². The molecule has 1 rings (SSSR count). The first-order chi connectivity index (χ1) is 7.41. The van der Waals surface area contributed by atoms with Crippen molar-refractivity contribution in [1.82, 2.24) is 0 Å². The van der Waals surface area contributed by atoms with Crippen LogP contribution in [0.1, 0.15) is 39.3 Å². The Kier molecular flexibility index (Phi) is 4.30. The normalized spacial score (nSPS) is 14.9. The number of hydrogen-bond donors (Lipinski definition) is 1. The van der Waals surface area contributed by atoms with E-state index in [4.69, 9.17) is 10.5 Å². The molecule has 0 spiro atoms. The van der Waals surface area contributed by atoms with Crippen molar-refractivity contribution in [2.45, 2.75) is 39.8 Å². The lowest BCUT2D eigenvalue weighted by atomic mass is 10.1. The van der Waals surface area contributed by atoms with Crippen molar-refractivity contribution in [1.29, 1.82) is 0 Å². The predicted molar refractivity (Wildman–Crippen MR) is 63.9 cm³/mol. The van der Waals surface area contributed by atoms with Crippen LogP contribution in [0.15, 0.2) is 18.2 Å². The van der Waals surface area contributed by atoms with E-state index < -0.39 is 0 Å². The molecule has 0 amide bonds. The van der Waals surface area contributed by atoms with Crippen molar-refractivity contribution in [3.63, 3.8) is 0 Å². The highest BCUT2D eigenvalue weighted by Gasteiger charge is 2.12. The van der Waals surface area contributed by atoms with Gasteiger partial charge in [0.1, 0.15) is 0 Å². The molecule has 0 fully saturated rings. The van der Waals surface area contributed by atoms with Gasteiger partial charge in [-0.05, 0) is 37.5 Å². The van der Waals surface area contributed by atoms with Gasteiger partial charge >= 0.3 is 0 Å². The molecule has 2 atom stereocenters. The van der Waals surface area contributed by atoms with Gasteiger partial charge in [-0.1, -0.05) is 19.9 Å². The molecular weight excluding hydrogens is 205 g/mol. The summed E-state index contributed by atoms with van der Waals surface area (Å²) >= 11 is 0. The van der Waals surface area contributed by atoms with Crippen LogP contribution in [0.4, 0.5) is 4.39 Å². The van der Waals surface area contributed by atoms with Crippen molar-refractivity contribution >= 4 is 0 Å². The lowest BCUT2D eigenvalue weighted by molar-refractivity contribution is 0.163. The second-order valence-corrected chi connectivity index (χ2v) is 4.55. The number of ether oxygens (including phenoxy) is 1. The maximum absolute atomic E-state index is 13.7. The molecule has 0 aromatic heterocycles. The monoisotopic (exact) mass is 225 g/mol. The summed E-state index contributed by atoms with van der Waals surface area (Å²) in [6, 6.07) is 4.72. The number of halogens is 1. The third-order valence-electron chi connectivity index (χ3n) is 2.73. The Balaban J connectivity index is 2.83. The van der Waals surface area contributed by atoms with E-state index in [1.54, 1.807) is 12.1 Å². The van der Waals surface area contributed by atoms with Gasteiger partial charge < -0.3 is 10.5 Å². The van der Waals surface area contributed by atoms with E-state index in [0.29, 0.717) is 11.7 Å². The van der Waals surface area contributed by atoms with Crippen LogP contribution in [0.3, 0.4) is 0 Å². The zero-order chi connectivity index (χ0) is 12.3. The molecule has 0 aliphatic carbocycles. The van der Waals surface area contributed by atoms with Crippen molar-refractivity contribution in [2.75, 3.05) is 0 Å². The van der Waals surface area contributed by atoms with Crippen LogP contribution in [0.2, 0.25) is 0 Å². The van der Waals surface area contributed by atoms with Gasteiger partial charge in [0.05, 0.1) is 6.10 Å². The summed E-state index contributed by atoms with van der Waals surface area (Å²) in [6.07, 6.45) is -0.00403. The fraction of sp³-hybridized carbons (Fsp3) is 0.538. The van der Waals surface area contributed by atoms with Crippen molar-refractivity contribution in [2.24, 2.45) is 11.7 Å². The van der Waals surface area contributed by atoms with Crippen molar-refractivity contribution in [3.8, 4) is 5.75 Å². The average molecular weight is 225 g/mol. The lowest BCUT2D eigenvalue weighted by Crippen LogP contribution is -2.19. The van der Waals surface area contributed by atoms with Crippen LogP contribution in [0.5, 0.6) is 5.75 Å². The maximum atomic E-state index is 13.7. The van der Waals surface area contributed by atoms with Crippen LogP contribution in [0, 0.1) is 11.7 Å². The van der Waals surface area contributed by atoms with Crippen LogP contribution >= 0.6 is 0 Å². The third kappa shape index (κ3) is 3.20. The fourth-order valence-electron chi connectivity index (χ4n) is 1.23. The molecule has 0 saturated carbocycles. The number of benzene rings is 1. The lowest BCUT2D eigenvalue weighted by Gasteiger charge is -2.19. The average Bonchev–Trinajstić information content (AvgIpc) is 2.20. The molecule has 0 radical (unpaired) electrons. The quantitative estimate of drug-likeness (QED) is 0.853. The Hall–Kier alpha value is -1.09. The van der Waals surface area contributed by atoms with Gasteiger partial charge in [-0.2, -0.15) is 0 Å². The highest BCUT2D eigenvalue weighted by Crippen LogP contribution is 2.23. The Morgan fingerprint density at radius 2 is 1.81 bits per heavy atom. The molecule has 0 saturated heterocycles. The van der Waals surface area contributed by atoms with Crippen molar-refractivity contribution < 1.29 is 9.13 Å². The minimum atomic E-state index is -0.345. The molecular formula is C13H20FNO. The first kappa shape index (κ1) is 13.0. The molecule has 0 heterocycles. The number of hydrogen-bond acceptors (Lipinski definition) is 2. The Morgan fingerprint density at radius 1 is 1.19 bits per heavy atom. The van der Waals surface area contributed by atoms with E-state index in [1.807, 2.05) is 27.7 Å².